The standard InChI is InChI=1S/C13H24N4O4/c1-13(2)8-17(7-6-16(13)3)12(21)15-9(11(19)20)4-5-10(14)18/h9H,4-8H2,1-3H3,(H2,14,18)(H,15,21)(H,19,20)/t9-/m1/s1. The zero-order valence-electron chi connectivity index (χ0n) is 12.8. The van der Waals surface area contributed by atoms with Gasteiger partial charge in [0.05, 0.1) is 0 Å². The van der Waals surface area contributed by atoms with E-state index in [1.807, 2.05) is 20.9 Å². The summed E-state index contributed by atoms with van der Waals surface area (Å²) in [7, 11) is 1.99. The molecule has 0 aromatic carbocycles. The summed E-state index contributed by atoms with van der Waals surface area (Å²) in [5.41, 5.74) is 4.84. The van der Waals surface area contributed by atoms with Crippen LogP contribution in [0.2, 0.25) is 0 Å². The molecule has 0 bridgehead atoms. The van der Waals surface area contributed by atoms with E-state index in [-0.39, 0.29) is 18.4 Å². The van der Waals surface area contributed by atoms with Crippen molar-refractivity contribution < 1.29 is 19.5 Å². The van der Waals surface area contributed by atoms with Gasteiger partial charge < -0.3 is 21.1 Å². The molecule has 0 aliphatic carbocycles. The van der Waals surface area contributed by atoms with Crippen LogP contribution in [0.3, 0.4) is 0 Å². The van der Waals surface area contributed by atoms with Gasteiger partial charge >= 0.3 is 12.0 Å². The Morgan fingerprint density at radius 3 is 2.43 bits per heavy atom. The lowest BCUT2D eigenvalue weighted by Crippen LogP contribution is -2.61. The lowest BCUT2D eigenvalue weighted by Gasteiger charge is -2.45. The quantitative estimate of drug-likeness (QED) is 0.629. The van der Waals surface area contributed by atoms with Crippen LogP contribution in [0, 0.1) is 0 Å². The van der Waals surface area contributed by atoms with E-state index in [0.29, 0.717) is 13.1 Å². The van der Waals surface area contributed by atoms with Gasteiger partial charge in [-0.15, -0.1) is 0 Å². The molecular formula is C13H24N4O4. The number of hydrogen-bond acceptors (Lipinski definition) is 4. The first-order valence-electron chi connectivity index (χ1n) is 6.91. The molecule has 1 aliphatic rings. The lowest BCUT2D eigenvalue weighted by molar-refractivity contribution is -0.139. The van der Waals surface area contributed by atoms with Gasteiger partial charge in [0.15, 0.2) is 0 Å². The molecule has 1 atom stereocenters. The van der Waals surface area contributed by atoms with E-state index < -0.39 is 23.9 Å². The maximum absolute atomic E-state index is 12.2. The number of carboxylic acid groups (broad SMARTS) is 1. The minimum atomic E-state index is -1.17. The van der Waals surface area contributed by atoms with Crippen molar-refractivity contribution in [1.29, 1.82) is 0 Å². The van der Waals surface area contributed by atoms with Crippen molar-refractivity contribution in [3.05, 3.63) is 0 Å². The maximum Gasteiger partial charge on any atom is 0.326 e. The van der Waals surface area contributed by atoms with Gasteiger partial charge in [0.1, 0.15) is 6.04 Å². The number of amides is 3. The molecule has 0 radical (unpaired) electrons. The molecule has 1 heterocycles. The molecule has 0 aromatic heterocycles. The number of nitrogens with two attached hydrogens (primary N) is 1. The van der Waals surface area contributed by atoms with E-state index in [1.165, 1.54) is 0 Å². The van der Waals surface area contributed by atoms with Gasteiger partial charge in [-0.3, -0.25) is 9.69 Å². The van der Waals surface area contributed by atoms with E-state index in [0.717, 1.165) is 6.54 Å². The molecule has 0 saturated carbocycles. The Morgan fingerprint density at radius 1 is 1.33 bits per heavy atom. The molecule has 8 nitrogen and oxygen atoms in total. The Morgan fingerprint density at radius 2 is 1.95 bits per heavy atom. The number of aliphatic carboxylic acids is 1. The van der Waals surface area contributed by atoms with Crippen molar-refractivity contribution in [2.45, 2.75) is 38.3 Å². The minimum Gasteiger partial charge on any atom is -0.480 e. The Hall–Kier alpha value is -1.83. The third-order valence-electron chi connectivity index (χ3n) is 3.88. The number of likely N-dealkylation sites (N-methyl/N-ethyl adjacent to an activating group) is 1. The molecule has 8 heteroatoms. The van der Waals surface area contributed by atoms with Crippen molar-refractivity contribution >= 4 is 17.9 Å². The molecule has 1 rings (SSSR count). The summed E-state index contributed by atoms with van der Waals surface area (Å²) < 4.78 is 0. The van der Waals surface area contributed by atoms with Gasteiger partial charge in [-0.2, -0.15) is 0 Å². The molecular weight excluding hydrogens is 276 g/mol. The molecule has 120 valence electrons. The number of rotatable bonds is 5. The normalized spacial score (nSPS) is 19.9. The van der Waals surface area contributed by atoms with Crippen LogP contribution in [0.25, 0.3) is 0 Å². The van der Waals surface area contributed by atoms with Crippen molar-refractivity contribution in [3.63, 3.8) is 0 Å². The first-order chi connectivity index (χ1) is 9.63. The van der Waals surface area contributed by atoms with Gasteiger partial charge in [-0.05, 0) is 27.3 Å². The largest absolute Gasteiger partial charge is 0.480 e. The van der Waals surface area contributed by atoms with Gasteiger partial charge in [-0.25, -0.2) is 9.59 Å². The van der Waals surface area contributed by atoms with Crippen LogP contribution in [0.5, 0.6) is 0 Å². The second-order valence-electron chi connectivity index (χ2n) is 6.00. The van der Waals surface area contributed by atoms with E-state index in [9.17, 15) is 14.4 Å². The lowest BCUT2D eigenvalue weighted by atomic mass is 10.00. The van der Waals surface area contributed by atoms with Crippen LogP contribution in [0.4, 0.5) is 4.79 Å². The smallest absolute Gasteiger partial charge is 0.326 e. The number of hydrogen-bond donors (Lipinski definition) is 3. The molecule has 21 heavy (non-hydrogen) atoms. The summed E-state index contributed by atoms with van der Waals surface area (Å²) in [6.07, 6.45) is -0.0843. The van der Waals surface area contributed by atoms with Gasteiger partial charge in [0, 0.05) is 31.6 Å². The van der Waals surface area contributed by atoms with E-state index in [4.69, 9.17) is 10.8 Å². The predicted molar refractivity (Wildman–Crippen MR) is 76.7 cm³/mol. The number of nitrogens with zero attached hydrogens (tertiary/aromatic N) is 2. The Kier molecular flexibility index (Phi) is 5.54. The summed E-state index contributed by atoms with van der Waals surface area (Å²) >= 11 is 0. The number of carbonyl (C=O) groups excluding carboxylic acids is 2. The average Bonchev–Trinajstić information content (AvgIpc) is 2.36. The summed E-state index contributed by atoms with van der Waals surface area (Å²) in [4.78, 5) is 37.8. The number of carbonyl (C=O) groups is 3. The van der Waals surface area contributed by atoms with Crippen LogP contribution in [-0.2, 0) is 9.59 Å². The van der Waals surface area contributed by atoms with Crippen LogP contribution in [-0.4, -0.2) is 71.1 Å². The van der Waals surface area contributed by atoms with Crippen molar-refractivity contribution in [1.82, 2.24) is 15.1 Å². The SMILES string of the molecule is CN1CCN(C(=O)N[C@H](CCC(N)=O)C(=O)O)CC1(C)C. The maximum atomic E-state index is 12.2. The average molecular weight is 300 g/mol. The summed E-state index contributed by atoms with van der Waals surface area (Å²) in [5.74, 6) is -1.76. The molecule has 0 spiro atoms. The van der Waals surface area contributed by atoms with E-state index in [2.05, 4.69) is 10.2 Å². The molecule has 3 amide bonds. The summed E-state index contributed by atoms with van der Waals surface area (Å²) in [6.45, 7) is 5.81. The van der Waals surface area contributed by atoms with Gasteiger partial charge in [0.25, 0.3) is 0 Å². The molecule has 0 aromatic rings. The van der Waals surface area contributed by atoms with Crippen LogP contribution in [0.1, 0.15) is 26.7 Å². The third-order valence-corrected chi connectivity index (χ3v) is 3.88. The summed E-state index contributed by atoms with van der Waals surface area (Å²) in [5, 5.41) is 11.5. The molecule has 4 N–H and O–H groups in total. The van der Waals surface area contributed by atoms with Gasteiger partial charge in [0.2, 0.25) is 5.91 Å². The van der Waals surface area contributed by atoms with Crippen LogP contribution >= 0.6 is 0 Å². The highest BCUT2D eigenvalue weighted by Gasteiger charge is 2.34. The van der Waals surface area contributed by atoms with E-state index >= 15 is 0 Å². The highest BCUT2D eigenvalue weighted by Crippen LogP contribution is 2.18. The van der Waals surface area contributed by atoms with Crippen molar-refractivity contribution in [3.8, 4) is 0 Å². The second kappa shape index (κ2) is 6.75. The third kappa shape index (κ3) is 4.89. The minimum absolute atomic E-state index is 0.00641. The molecule has 0 unspecified atom stereocenters. The Bertz CT molecular complexity index is 424. The van der Waals surface area contributed by atoms with Crippen molar-refractivity contribution in [2.24, 2.45) is 5.73 Å². The number of piperazine rings is 1. The number of nitrogens with one attached hydrogen (secondary N) is 1. The molecule has 1 saturated heterocycles. The summed E-state index contributed by atoms with van der Waals surface area (Å²) in [6, 6.07) is -1.53. The number of carboxylic acids is 1. The zero-order chi connectivity index (χ0) is 16.2. The number of urea groups is 1. The van der Waals surface area contributed by atoms with Crippen LogP contribution < -0.4 is 11.1 Å². The first-order valence-corrected chi connectivity index (χ1v) is 6.91. The molecule has 1 aliphatic heterocycles. The molecule has 1 fully saturated rings. The highest BCUT2D eigenvalue weighted by atomic mass is 16.4. The topological polar surface area (TPSA) is 116 Å². The van der Waals surface area contributed by atoms with Gasteiger partial charge in [-0.1, -0.05) is 0 Å². The first kappa shape index (κ1) is 17.2. The fourth-order valence-corrected chi connectivity index (χ4v) is 2.20. The highest BCUT2D eigenvalue weighted by molar-refractivity contribution is 5.83. The predicted octanol–water partition coefficient (Wildman–Crippen LogP) is -0.559. The van der Waals surface area contributed by atoms with E-state index in [1.54, 1.807) is 4.90 Å². The fourth-order valence-electron chi connectivity index (χ4n) is 2.20. The zero-order valence-corrected chi connectivity index (χ0v) is 12.8. The Balaban J connectivity index is 2.61. The Labute approximate surface area is 124 Å². The fraction of sp³-hybridized carbons (Fsp3) is 0.769. The van der Waals surface area contributed by atoms with Crippen LogP contribution in [0.15, 0.2) is 0 Å². The number of primary amides is 1. The second-order valence-corrected chi connectivity index (χ2v) is 6.00. The van der Waals surface area contributed by atoms with Crippen molar-refractivity contribution in [2.75, 3.05) is 26.7 Å². The monoisotopic (exact) mass is 300 g/mol.